The molecule has 2 aromatic carbocycles. The summed E-state index contributed by atoms with van der Waals surface area (Å²) in [7, 11) is 0. The van der Waals surface area contributed by atoms with Gasteiger partial charge in [0.1, 0.15) is 6.07 Å². The van der Waals surface area contributed by atoms with E-state index in [2.05, 4.69) is 10.6 Å². The standard InChI is InChI=1S/C15H11Cl2N3O/c16-11-5-6-14(12(17)7-11)19-9-15(21)20-13-4-2-1-3-10(13)8-18/h1-7,19H,9H2,(H,20,21). The minimum absolute atomic E-state index is 0.0289. The van der Waals surface area contributed by atoms with Crippen molar-refractivity contribution in [3.8, 4) is 6.07 Å². The van der Waals surface area contributed by atoms with Gasteiger partial charge in [0.15, 0.2) is 0 Å². The van der Waals surface area contributed by atoms with E-state index in [0.717, 1.165) is 0 Å². The number of hydrogen-bond donors (Lipinski definition) is 2. The number of carbonyl (C=O) groups excluding carboxylic acids is 1. The summed E-state index contributed by atoms with van der Waals surface area (Å²) in [6.07, 6.45) is 0. The third-order valence-electron chi connectivity index (χ3n) is 2.69. The van der Waals surface area contributed by atoms with Gasteiger partial charge in [-0.15, -0.1) is 0 Å². The van der Waals surface area contributed by atoms with Crippen molar-refractivity contribution in [2.75, 3.05) is 17.2 Å². The summed E-state index contributed by atoms with van der Waals surface area (Å²) < 4.78 is 0. The highest BCUT2D eigenvalue weighted by Gasteiger charge is 2.07. The molecular formula is C15H11Cl2N3O. The Labute approximate surface area is 132 Å². The fraction of sp³-hybridized carbons (Fsp3) is 0.0667. The lowest BCUT2D eigenvalue weighted by molar-refractivity contribution is -0.114. The predicted molar refractivity (Wildman–Crippen MR) is 84.7 cm³/mol. The van der Waals surface area contributed by atoms with Crippen LogP contribution in [0.5, 0.6) is 0 Å². The Balaban J connectivity index is 1.98. The molecule has 0 saturated heterocycles. The molecule has 4 nitrogen and oxygen atoms in total. The first-order valence-corrected chi connectivity index (χ1v) is 6.83. The molecule has 0 spiro atoms. The molecule has 1 amide bonds. The van der Waals surface area contributed by atoms with Crippen LogP contribution >= 0.6 is 23.2 Å². The van der Waals surface area contributed by atoms with Crippen molar-refractivity contribution in [3.63, 3.8) is 0 Å². The van der Waals surface area contributed by atoms with Crippen LogP contribution in [-0.4, -0.2) is 12.5 Å². The highest BCUT2D eigenvalue weighted by molar-refractivity contribution is 6.36. The topological polar surface area (TPSA) is 64.9 Å². The van der Waals surface area contributed by atoms with Crippen LogP contribution in [-0.2, 0) is 4.79 Å². The Kier molecular flexibility index (Phi) is 5.04. The van der Waals surface area contributed by atoms with Crippen molar-refractivity contribution in [2.24, 2.45) is 0 Å². The van der Waals surface area contributed by atoms with Gasteiger partial charge in [0.2, 0.25) is 5.91 Å². The second kappa shape index (κ2) is 6.98. The molecule has 0 unspecified atom stereocenters. The molecule has 0 heterocycles. The number of carbonyl (C=O) groups is 1. The average molecular weight is 320 g/mol. The lowest BCUT2D eigenvalue weighted by Crippen LogP contribution is -2.22. The summed E-state index contributed by atoms with van der Waals surface area (Å²) in [4.78, 5) is 11.9. The van der Waals surface area contributed by atoms with E-state index >= 15 is 0 Å². The van der Waals surface area contributed by atoms with Crippen LogP contribution in [0.25, 0.3) is 0 Å². The van der Waals surface area contributed by atoms with E-state index in [1.54, 1.807) is 42.5 Å². The van der Waals surface area contributed by atoms with E-state index in [9.17, 15) is 4.79 Å². The molecule has 2 rings (SSSR count). The highest BCUT2D eigenvalue weighted by Crippen LogP contribution is 2.25. The van der Waals surface area contributed by atoms with Gasteiger partial charge in [0.25, 0.3) is 0 Å². The van der Waals surface area contributed by atoms with Gasteiger partial charge >= 0.3 is 0 Å². The average Bonchev–Trinajstić information content (AvgIpc) is 2.47. The number of nitriles is 1. The Bertz CT molecular complexity index is 710. The molecule has 0 saturated carbocycles. The fourth-order valence-corrected chi connectivity index (χ4v) is 2.17. The lowest BCUT2D eigenvalue weighted by Gasteiger charge is -2.10. The Morgan fingerprint density at radius 3 is 2.62 bits per heavy atom. The van der Waals surface area contributed by atoms with E-state index < -0.39 is 0 Å². The maximum atomic E-state index is 11.9. The monoisotopic (exact) mass is 319 g/mol. The maximum Gasteiger partial charge on any atom is 0.243 e. The number of nitrogens with one attached hydrogen (secondary N) is 2. The molecule has 0 aliphatic rings. The van der Waals surface area contributed by atoms with E-state index in [4.69, 9.17) is 28.5 Å². The molecule has 0 aliphatic heterocycles. The molecule has 0 radical (unpaired) electrons. The van der Waals surface area contributed by atoms with E-state index in [-0.39, 0.29) is 12.5 Å². The van der Waals surface area contributed by atoms with E-state index in [1.807, 2.05) is 6.07 Å². The quantitative estimate of drug-likeness (QED) is 0.897. The van der Waals surface area contributed by atoms with Crippen LogP contribution in [0.15, 0.2) is 42.5 Å². The van der Waals surface area contributed by atoms with Crippen molar-refractivity contribution < 1.29 is 4.79 Å². The zero-order valence-electron chi connectivity index (χ0n) is 10.9. The number of para-hydroxylation sites is 1. The second-order valence-corrected chi connectivity index (χ2v) is 5.03. The summed E-state index contributed by atoms with van der Waals surface area (Å²) >= 11 is 11.8. The number of halogens is 2. The molecule has 6 heteroatoms. The number of nitrogens with zero attached hydrogens (tertiary/aromatic N) is 1. The Morgan fingerprint density at radius 2 is 1.90 bits per heavy atom. The van der Waals surface area contributed by atoms with Crippen molar-refractivity contribution in [1.29, 1.82) is 5.26 Å². The lowest BCUT2D eigenvalue weighted by atomic mass is 10.2. The van der Waals surface area contributed by atoms with Crippen LogP contribution in [0.1, 0.15) is 5.56 Å². The zero-order chi connectivity index (χ0) is 15.2. The van der Waals surface area contributed by atoms with Crippen molar-refractivity contribution in [1.82, 2.24) is 0 Å². The number of amides is 1. The number of anilines is 2. The zero-order valence-corrected chi connectivity index (χ0v) is 12.4. The SMILES string of the molecule is N#Cc1ccccc1NC(=O)CNc1ccc(Cl)cc1Cl. The first-order chi connectivity index (χ1) is 10.1. The van der Waals surface area contributed by atoms with Crippen LogP contribution in [0.4, 0.5) is 11.4 Å². The van der Waals surface area contributed by atoms with Gasteiger partial charge in [-0.05, 0) is 30.3 Å². The van der Waals surface area contributed by atoms with E-state index in [0.29, 0.717) is 27.0 Å². The molecule has 0 atom stereocenters. The molecule has 0 aromatic heterocycles. The van der Waals surface area contributed by atoms with Gasteiger partial charge in [-0.25, -0.2) is 0 Å². The molecular weight excluding hydrogens is 309 g/mol. The number of hydrogen-bond acceptors (Lipinski definition) is 3. The normalized spacial score (nSPS) is 9.76. The third-order valence-corrected chi connectivity index (χ3v) is 3.24. The van der Waals surface area contributed by atoms with Crippen LogP contribution in [0.3, 0.4) is 0 Å². The van der Waals surface area contributed by atoms with Gasteiger partial charge in [-0.2, -0.15) is 5.26 Å². The molecule has 0 aliphatic carbocycles. The summed E-state index contributed by atoms with van der Waals surface area (Å²) in [5, 5.41) is 15.5. The smallest absolute Gasteiger partial charge is 0.243 e. The van der Waals surface area contributed by atoms with Crippen molar-refractivity contribution in [3.05, 3.63) is 58.1 Å². The highest BCUT2D eigenvalue weighted by atomic mass is 35.5. The van der Waals surface area contributed by atoms with Crippen molar-refractivity contribution >= 4 is 40.5 Å². The Hall–Kier alpha value is -2.22. The fourth-order valence-electron chi connectivity index (χ4n) is 1.69. The molecule has 21 heavy (non-hydrogen) atoms. The molecule has 0 fully saturated rings. The van der Waals surface area contributed by atoms with Gasteiger partial charge < -0.3 is 10.6 Å². The van der Waals surface area contributed by atoms with Gasteiger partial charge in [-0.1, -0.05) is 35.3 Å². The minimum Gasteiger partial charge on any atom is -0.375 e. The first-order valence-electron chi connectivity index (χ1n) is 6.08. The third kappa shape index (κ3) is 4.12. The van der Waals surface area contributed by atoms with Gasteiger partial charge in [0, 0.05) is 5.02 Å². The predicted octanol–water partition coefficient (Wildman–Crippen LogP) is 3.92. The Morgan fingerprint density at radius 1 is 1.14 bits per heavy atom. The maximum absolute atomic E-state index is 11.9. The molecule has 106 valence electrons. The molecule has 2 aromatic rings. The van der Waals surface area contributed by atoms with Crippen LogP contribution < -0.4 is 10.6 Å². The number of rotatable bonds is 4. The first kappa shape index (κ1) is 15.2. The minimum atomic E-state index is -0.274. The van der Waals surface area contributed by atoms with Gasteiger partial charge in [0.05, 0.1) is 28.5 Å². The number of benzene rings is 2. The second-order valence-electron chi connectivity index (χ2n) is 4.18. The van der Waals surface area contributed by atoms with Crippen molar-refractivity contribution in [2.45, 2.75) is 0 Å². The summed E-state index contributed by atoms with van der Waals surface area (Å²) in [6, 6.07) is 13.8. The summed E-state index contributed by atoms with van der Waals surface area (Å²) in [5.41, 5.74) is 1.51. The largest absolute Gasteiger partial charge is 0.375 e. The van der Waals surface area contributed by atoms with Gasteiger partial charge in [-0.3, -0.25) is 4.79 Å². The molecule has 2 N–H and O–H groups in total. The molecule has 0 bridgehead atoms. The summed E-state index contributed by atoms with van der Waals surface area (Å²) in [5.74, 6) is -0.274. The summed E-state index contributed by atoms with van der Waals surface area (Å²) in [6.45, 7) is 0.0289. The van der Waals surface area contributed by atoms with E-state index in [1.165, 1.54) is 0 Å². The van der Waals surface area contributed by atoms with Crippen LogP contribution in [0, 0.1) is 11.3 Å². The van der Waals surface area contributed by atoms with Crippen LogP contribution in [0.2, 0.25) is 10.0 Å².